The van der Waals surface area contributed by atoms with Gasteiger partial charge >= 0.3 is 0 Å². The Morgan fingerprint density at radius 1 is 0.809 bits per heavy atom. The number of rotatable bonds is 6. The van der Waals surface area contributed by atoms with Gasteiger partial charge in [0.2, 0.25) is 0 Å². The normalized spacial score (nSPS) is 11.3. The first-order valence-corrected chi connectivity index (χ1v) is 19.5. The summed E-state index contributed by atoms with van der Waals surface area (Å²) in [7, 11) is -1.27. The number of furan rings is 1. The van der Waals surface area contributed by atoms with Crippen LogP contribution in [0.25, 0.3) is 55.6 Å². The molecule has 0 atom stereocenters. The molecule has 0 spiro atoms. The Hall–Kier alpha value is -4.15. The third-order valence-corrected chi connectivity index (χ3v) is 10.3. The molecule has 1 radical (unpaired) electrons. The Morgan fingerprint density at radius 3 is 2.26 bits per heavy atom. The molecule has 3 aromatic heterocycles. The summed E-state index contributed by atoms with van der Waals surface area (Å²) in [6.45, 7) is 13.7. The molecule has 5 heteroatoms. The van der Waals surface area contributed by atoms with E-state index in [2.05, 4.69) is 135 Å². The summed E-state index contributed by atoms with van der Waals surface area (Å²) in [6.07, 6.45) is 4.97. The van der Waals surface area contributed by atoms with E-state index < -0.39 is 8.07 Å². The van der Waals surface area contributed by atoms with Crippen molar-refractivity contribution in [3.8, 4) is 33.6 Å². The van der Waals surface area contributed by atoms with Crippen LogP contribution >= 0.6 is 0 Å². The van der Waals surface area contributed by atoms with Crippen molar-refractivity contribution in [1.29, 1.82) is 0 Å². The van der Waals surface area contributed by atoms with Crippen LogP contribution in [0.5, 0.6) is 0 Å². The Morgan fingerprint density at radius 2 is 1.55 bits per heavy atom. The van der Waals surface area contributed by atoms with E-state index in [1.54, 1.807) is 0 Å². The number of para-hydroxylation sites is 1. The molecular weight excluding hydrogens is 769 g/mol. The van der Waals surface area contributed by atoms with Crippen molar-refractivity contribution in [2.45, 2.75) is 46.8 Å². The zero-order valence-electron chi connectivity index (χ0n) is 27.9. The van der Waals surface area contributed by atoms with E-state index in [0.29, 0.717) is 5.92 Å². The summed E-state index contributed by atoms with van der Waals surface area (Å²) in [5.74, 6) is 0.598. The molecule has 239 valence electrons. The van der Waals surface area contributed by atoms with Gasteiger partial charge < -0.3 is 14.4 Å². The second kappa shape index (κ2) is 14.7. The van der Waals surface area contributed by atoms with Gasteiger partial charge in [0.1, 0.15) is 5.58 Å². The maximum Gasteiger partial charge on any atom is 0.120 e. The van der Waals surface area contributed by atoms with Crippen LogP contribution in [0.3, 0.4) is 0 Å². The number of pyridine rings is 2. The maximum absolute atomic E-state index is 6.35. The van der Waals surface area contributed by atoms with Crippen molar-refractivity contribution in [1.82, 2.24) is 9.97 Å². The van der Waals surface area contributed by atoms with E-state index in [4.69, 9.17) is 4.42 Å². The zero-order chi connectivity index (χ0) is 32.3. The van der Waals surface area contributed by atoms with E-state index in [-0.39, 0.29) is 20.1 Å². The second-order valence-electron chi connectivity index (χ2n) is 13.3. The number of hydrogen-bond acceptors (Lipinski definition) is 3. The van der Waals surface area contributed by atoms with Crippen LogP contribution in [0.1, 0.15) is 25.0 Å². The zero-order valence-corrected chi connectivity index (χ0v) is 31.3. The SMILES string of the molecule is CC(C)Cc1ccnc(-c2[c-]cc(-c3ccccc3)c3c2oc2ccccc23)c1.Cc1cc(-c2[c-]cccc2)ncc1[Si](C)(C)C.[Ir]. The number of benzene rings is 4. The fourth-order valence-corrected chi connectivity index (χ4v) is 7.76. The Kier molecular flexibility index (Phi) is 10.7. The molecule has 0 N–H and O–H groups in total. The fourth-order valence-electron chi connectivity index (χ4n) is 6.06. The van der Waals surface area contributed by atoms with Crippen LogP contribution < -0.4 is 5.19 Å². The van der Waals surface area contributed by atoms with Crippen molar-refractivity contribution in [2.24, 2.45) is 5.92 Å². The van der Waals surface area contributed by atoms with Gasteiger partial charge in [-0.25, -0.2) is 0 Å². The monoisotopic (exact) mass is 809 g/mol. The first-order chi connectivity index (χ1) is 22.2. The number of aryl methyl sites for hydroxylation is 1. The smallest absolute Gasteiger partial charge is 0.120 e. The van der Waals surface area contributed by atoms with E-state index >= 15 is 0 Å². The van der Waals surface area contributed by atoms with Gasteiger partial charge in [-0.2, -0.15) is 0 Å². The summed E-state index contributed by atoms with van der Waals surface area (Å²) in [5, 5.41) is 3.68. The van der Waals surface area contributed by atoms with Gasteiger partial charge in [0.15, 0.2) is 0 Å². The standard InChI is InChI=1S/C27H22NO.C15H18NSi.Ir/c1-18(2)16-19-14-15-28-24(17-19)22-13-12-21(20-8-4-3-5-9-20)26-23-10-6-7-11-25(23)29-27(22)26;1-12-10-14(13-8-6-5-7-9-13)16-11-15(12)17(2,3)4;/h3-12,14-15,17-18H,16H2,1-2H3;5-8,10-11H,1-4H3;/q2*-1;. The molecule has 0 aliphatic heterocycles. The van der Waals surface area contributed by atoms with Crippen molar-refractivity contribution < 1.29 is 24.5 Å². The Labute approximate surface area is 293 Å². The third kappa shape index (κ3) is 7.71. The summed E-state index contributed by atoms with van der Waals surface area (Å²) in [4.78, 5) is 9.23. The second-order valence-corrected chi connectivity index (χ2v) is 18.3. The molecule has 0 aliphatic rings. The minimum Gasteiger partial charge on any atom is -0.501 e. The Balaban J connectivity index is 0.000000207. The molecule has 7 rings (SSSR count). The van der Waals surface area contributed by atoms with Crippen molar-refractivity contribution in [2.75, 3.05) is 0 Å². The van der Waals surface area contributed by atoms with Gasteiger partial charge in [0.05, 0.1) is 13.7 Å². The van der Waals surface area contributed by atoms with Gasteiger partial charge in [-0.15, -0.1) is 48.0 Å². The largest absolute Gasteiger partial charge is 0.501 e. The molecule has 0 bridgehead atoms. The number of hydrogen-bond donors (Lipinski definition) is 0. The molecule has 7 aromatic rings. The maximum atomic E-state index is 6.35. The Bertz CT molecular complexity index is 2100. The van der Waals surface area contributed by atoms with E-state index in [1.807, 2.05) is 42.6 Å². The predicted molar refractivity (Wildman–Crippen MR) is 196 cm³/mol. The summed E-state index contributed by atoms with van der Waals surface area (Å²) in [6, 6.07) is 41.8. The van der Waals surface area contributed by atoms with Crippen molar-refractivity contribution in [3.63, 3.8) is 0 Å². The first kappa shape index (κ1) is 34.2. The molecule has 0 fully saturated rings. The molecule has 0 amide bonds. The molecule has 47 heavy (non-hydrogen) atoms. The van der Waals surface area contributed by atoms with Gasteiger partial charge in [0.25, 0.3) is 0 Å². The van der Waals surface area contributed by atoms with Crippen LogP contribution in [-0.2, 0) is 26.5 Å². The topological polar surface area (TPSA) is 38.9 Å². The molecule has 0 unspecified atom stereocenters. The van der Waals surface area contributed by atoms with E-state index in [9.17, 15) is 0 Å². The summed E-state index contributed by atoms with van der Waals surface area (Å²) < 4.78 is 6.35. The molecule has 0 saturated carbocycles. The number of fused-ring (bicyclic) bond motifs is 3. The van der Waals surface area contributed by atoms with Gasteiger partial charge in [-0.1, -0.05) is 122 Å². The van der Waals surface area contributed by atoms with E-state index in [1.165, 1.54) is 16.3 Å². The number of nitrogens with zero attached hydrogens (tertiary/aromatic N) is 2. The number of aromatic nitrogens is 2. The predicted octanol–water partition coefficient (Wildman–Crippen LogP) is 10.7. The molecule has 0 aliphatic carbocycles. The molecule has 3 heterocycles. The average molecular weight is 809 g/mol. The first-order valence-electron chi connectivity index (χ1n) is 16.0. The van der Waals surface area contributed by atoms with Gasteiger partial charge in [-0.3, -0.25) is 0 Å². The van der Waals surface area contributed by atoms with Crippen LogP contribution in [0.4, 0.5) is 0 Å². The average Bonchev–Trinajstić information content (AvgIpc) is 3.44. The third-order valence-electron chi connectivity index (χ3n) is 8.17. The van der Waals surface area contributed by atoms with Crippen LogP contribution in [0.15, 0.2) is 120 Å². The quantitative estimate of drug-likeness (QED) is 0.124. The summed E-state index contributed by atoms with van der Waals surface area (Å²) >= 11 is 0. The van der Waals surface area contributed by atoms with Crippen LogP contribution in [0.2, 0.25) is 19.6 Å². The van der Waals surface area contributed by atoms with Crippen LogP contribution in [0, 0.1) is 25.0 Å². The molecule has 4 aromatic carbocycles. The van der Waals surface area contributed by atoms with Crippen LogP contribution in [-0.4, -0.2) is 18.0 Å². The fraction of sp³-hybridized carbons (Fsp3) is 0.190. The minimum absolute atomic E-state index is 0. The van der Waals surface area contributed by atoms with Crippen molar-refractivity contribution in [3.05, 3.63) is 139 Å². The molecule has 0 saturated heterocycles. The minimum atomic E-state index is -1.27. The van der Waals surface area contributed by atoms with Crippen molar-refractivity contribution >= 4 is 35.2 Å². The molecular formula is C42H40IrN2OSi-2. The molecule has 3 nitrogen and oxygen atoms in total. The van der Waals surface area contributed by atoms with Gasteiger partial charge in [-0.05, 0) is 53.4 Å². The van der Waals surface area contributed by atoms with E-state index in [0.717, 1.165) is 62.0 Å². The van der Waals surface area contributed by atoms with Gasteiger partial charge in [0, 0.05) is 37.9 Å². The summed E-state index contributed by atoms with van der Waals surface area (Å²) in [5.41, 5.74) is 10.6.